The summed E-state index contributed by atoms with van der Waals surface area (Å²) in [6.07, 6.45) is 5.88. The molecule has 0 aliphatic heterocycles. The van der Waals surface area contributed by atoms with Crippen molar-refractivity contribution in [3.8, 4) is 11.5 Å². The molecule has 1 aromatic carbocycles. The molecule has 1 aromatic rings. The number of methoxy groups -OCH3 is 2. The molecule has 8 nitrogen and oxygen atoms in total. The van der Waals surface area contributed by atoms with Crippen LogP contribution in [0.5, 0.6) is 11.5 Å². The Morgan fingerprint density at radius 3 is 2.08 bits per heavy atom. The van der Waals surface area contributed by atoms with Crippen molar-refractivity contribution >= 4 is 11.8 Å². The summed E-state index contributed by atoms with van der Waals surface area (Å²) in [5.41, 5.74) is 0.123. The summed E-state index contributed by atoms with van der Waals surface area (Å²) in [6.45, 7) is -0.175. The third-order valence-corrected chi connectivity index (χ3v) is 5.28. The van der Waals surface area contributed by atoms with Crippen LogP contribution in [0.3, 0.4) is 0 Å². The molecular formula is C18H24N2O6. The number of nitrogens with zero attached hydrogens (tertiary/aromatic N) is 2. The van der Waals surface area contributed by atoms with E-state index < -0.39 is 4.92 Å². The molecule has 0 unspecified atom stereocenters. The number of hydrogen-bond donors (Lipinski definition) is 0. The Bertz CT molecular complexity index is 671. The highest BCUT2D eigenvalue weighted by molar-refractivity contribution is 5.69. The second-order valence-corrected chi connectivity index (χ2v) is 6.72. The van der Waals surface area contributed by atoms with Gasteiger partial charge in [0.1, 0.15) is 6.61 Å². The van der Waals surface area contributed by atoms with Gasteiger partial charge in [-0.3, -0.25) is 10.1 Å². The first-order valence-corrected chi connectivity index (χ1v) is 8.89. The largest absolute Gasteiger partial charge is 0.493 e. The standard InChI is InChI=1S/C18H24N2O6/c1-24-16-9-12(15(20(22)23)10-17(16)25-2)11-26-18(21)19(13-5-3-6-13)14-7-4-8-14/h9-10,13-14H,3-8,11H2,1-2H3. The average molecular weight is 364 g/mol. The van der Waals surface area contributed by atoms with Crippen LogP contribution in [0.25, 0.3) is 0 Å². The molecule has 0 atom stereocenters. The fourth-order valence-corrected chi connectivity index (χ4v) is 3.34. The van der Waals surface area contributed by atoms with E-state index in [4.69, 9.17) is 14.2 Å². The first-order chi connectivity index (χ1) is 12.5. The number of carbonyl (C=O) groups excluding carboxylic acids is 1. The Morgan fingerprint density at radius 1 is 1.12 bits per heavy atom. The van der Waals surface area contributed by atoms with Crippen LogP contribution >= 0.6 is 0 Å². The summed E-state index contributed by atoms with van der Waals surface area (Å²) in [7, 11) is 2.87. The molecule has 2 fully saturated rings. The molecule has 0 saturated heterocycles. The maximum absolute atomic E-state index is 12.6. The highest BCUT2D eigenvalue weighted by atomic mass is 16.6. The first kappa shape index (κ1) is 18.3. The van der Waals surface area contributed by atoms with Crippen LogP contribution in [0.1, 0.15) is 44.1 Å². The first-order valence-electron chi connectivity index (χ1n) is 8.89. The normalized spacial score (nSPS) is 17.0. The van der Waals surface area contributed by atoms with E-state index in [0.29, 0.717) is 5.75 Å². The minimum Gasteiger partial charge on any atom is -0.493 e. The lowest BCUT2D eigenvalue weighted by molar-refractivity contribution is -0.385. The van der Waals surface area contributed by atoms with Crippen molar-refractivity contribution in [1.82, 2.24) is 4.90 Å². The highest BCUT2D eigenvalue weighted by Crippen LogP contribution is 2.36. The quantitative estimate of drug-likeness (QED) is 0.542. The number of benzene rings is 1. The summed E-state index contributed by atoms with van der Waals surface area (Å²) in [5.74, 6) is 0.624. The Balaban J connectivity index is 1.75. The number of nitro benzene ring substituents is 1. The van der Waals surface area contributed by atoms with Crippen LogP contribution in [0.2, 0.25) is 0 Å². The fraction of sp³-hybridized carbons (Fsp3) is 0.611. The molecule has 2 saturated carbocycles. The zero-order chi connectivity index (χ0) is 18.7. The topological polar surface area (TPSA) is 91.1 Å². The molecule has 142 valence electrons. The number of amides is 1. The number of carbonyl (C=O) groups is 1. The zero-order valence-electron chi connectivity index (χ0n) is 15.1. The Morgan fingerprint density at radius 2 is 1.65 bits per heavy atom. The Labute approximate surface area is 152 Å². The van der Waals surface area contributed by atoms with E-state index in [-0.39, 0.29) is 41.8 Å². The van der Waals surface area contributed by atoms with Crippen molar-refractivity contribution in [3.63, 3.8) is 0 Å². The van der Waals surface area contributed by atoms with Gasteiger partial charge in [0.2, 0.25) is 0 Å². The molecule has 2 aliphatic carbocycles. The summed E-state index contributed by atoms with van der Waals surface area (Å²) < 4.78 is 15.8. The van der Waals surface area contributed by atoms with E-state index in [1.165, 1.54) is 26.4 Å². The van der Waals surface area contributed by atoms with Gasteiger partial charge in [0, 0.05) is 12.1 Å². The average Bonchev–Trinajstić information content (AvgIpc) is 2.54. The summed E-state index contributed by atoms with van der Waals surface area (Å²) in [4.78, 5) is 25.3. The number of ether oxygens (including phenoxy) is 3. The molecule has 0 N–H and O–H groups in total. The second-order valence-electron chi connectivity index (χ2n) is 6.72. The number of nitro groups is 1. The van der Waals surface area contributed by atoms with E-state index in [9.17, 15) is 14.9 Å². The van der Waals surface area contributed by atoms with Crippen molar-refractivity contribution < 1.29 is 23.9 Å². The molecule has 26 heavy (non-hydrogen) atoms. The van der Waals surface area contributed by atoms with Gasteiger partial charge in [-0.15, -0.1) is 0 Å². The molecule has 0 bridgehead atoms. The SMILES string of the molecule is COc1cc(COC(=O)N(C2CCC2)C2CCC2)c([N+](=O)[O-])cc1OC. The van der Waals surface area contributed by atoms with Crippen LogP contribution in [0.15, 0.2) is 12.1 Å². The van der Waals surface area contributed by atoms with Crippen LogP contribution in [-0.2, 0) is 11.3 Å². The van der Waals surface area contributed by atoms with Crippen molar-refractivity contribution in [2.24, 2.45) is 0 Å². The molecule has 8 heteroatoms. The van der Waals surface area contributed by atoms with E-state index in [2.05, 4.69) is 0 Å². The Kier molecular flexibility index (Phi) is 5.49. The van der Waals surface area contributed by atoms with Crippen molar-refractivity contribution in [1.29, 1.82) is 0 Å². The third kappa shape index (κ3) is 3.54. The summed E-state index contributed by atoms with van der Waals surface area (Å²) >= 11 is 0. The molecule has 0 spiro atoms. The third-order valence-electron chi connectivity index (χ3n) is 5.28. The van der Waals surface area contributed by atoms with Crippen LogP contribution in [0.4, 0.5) is 10.5 Å². The van der Waals surface area contributed by atoms with E-state index in [0.717, 1.165) is 38.5 Å². The van der Waals surface area contributed by atoms with Crippen LogP contribution < -0.4 is 9.47 Å². The minimum absolute atomic E-state index is 0.158. The molecule has 2 aliphatic rings. The number of hydrogen-bond acceptors (Lipinski definition) is 6. The molecule has 0 radical (unpaired) electrons. The van der Waals surface area contributed by atoms with Gasteiger partial charge in [0.05, 0.1) is 30.8 Å². The zero-order valence-corrected chi connectivity index (χ0v) is 15.1. The van der Waals surface area contributed by atoms with Gasteiger partial charge in [-0.2, -0.15) is 0 Å². The summed E-state index contributed by atoms with van der Waals surface area (Å²) in [5, 5.41) is 11.4. The maximum atomic E-state index is 12.6. The second kappa shape index (κ2) is 7.80. The molecule has 0 aromatic heterocycles. The van der Waals surface area contributed by atoms with Crippen LogP contribution in [-0.4, -0.2) is 42.2 Å². The van der Waals surface area contributed by atoms with E-state index in [1.807, 2.05) is 4.90 Å². The molecule has 3 rings (SSSR count). The van der Waals surface area contributed by atoms with E-state index in [1.54, 1.807) is 0 Å². The maximum Gasteiger partial charge on any atom is 0.410 e. The highest BCUT2D eigenvalue weighted by Gasteiger charge is 2.38. The van der Waals surface area contributed by atoms with Gasteiger partial charge in [-0.25, -0.2) is 4.79 Å². The molecule has 1 amide bonds. The smallest absolute Gasteiger partial charge is 0.410 e. The van der Waals surface area contributed by atoms with Crippen molar-refractivity contribution in [2.45, 2.75) is 57.2 Å². The van der Waals surface area contributed by atoms with Crippen molar-refractivity contribution in [3.05, 3.63) is 27.8 Å². The van der Waals surface area contributed by atoms with Gasteiger partial charge >= 0.3 is 6.09 Å². The number of rotatable bonds is 7. The lowest BCUT2D eigenvalue weighted by Crippen LogP contribution is -2.52. The predicted octanol–water partition coefficient (Wildman–Crippen LogP) is 3.66. The van der Waals surface area contributed by atoms with Gasteiger partial charge < -0.3 is 19.1 Å². The minimum atomic E-state index is -0.513. The van der Waals surface area contributed by atoms with Gasteiger partial charge in [0.15, 0.2) is 11.5 Å². The Hall–Kier alpha value is -2.51. The van der Waals surface area contributed by atoms with Crippen molar-refractivity contribution in [2.75, 3.05) is 14.2 Å². The van der Waals surface area contributed by atoms with Crippen LogP contribution in [0, 0.1) is 10.1 Å². The van der Waals surface area contributed by atoms with Gasteiger partial charge in [-0.1, -0.05) is 0 Å². The fourth-order valence-electron chi connectivity index (χ4n) is 3.34. The summed E-state index contributed by atoms with van der Waals surface area (Å²) in [6, 6.07) is 3.26. The monoisotopic (exact) mass is 364 g/mol. The van der Waals surface area contributed by atoms with Gasteiger partial charge in [0.25, 0.3) is 5.69 Å². The van der Waals surface area contributed by atoms with Gasteiger partial charge in [-0.05, 0) is 44.6 Å². The lowest BCUT2D eigenvalue weighted by atomic mass is 9.85. The lowest BCUT2D eigenvalue weighted by Gasteiger charge is -2.45. The molecular weight excluding hydrogens is 340 g/mol. The molecule has 0 heterocycles. The predicted molar refractivity (Wildman–Crippen MR) is 93.5 cm³/mol. The van der Waals surface area contributed by atoms with E-state index >= 15 is 0 Å².